The molecule has 0 spiro atoms. The maximum Gasteiger partial charge on any atom is 0.257 e. The lowest BCUT2D eigenvalue weighted by atomic mass is 10.1. The van der Waals surface area contributed by atoms with Crippen molar-refractivity contribution in [1.82, 2.24) is 14.7 Å². The zero-order chi connectivity index (χ0) is 20.4. The number of hydrogen-bond acceptors (Lipinski definition) is 5. The van der Waals surface area contributed by atoms with Crippen LogP contribution in [-0.2, 0) is 21.4 Å². The molecule has 3 aliphatic heterocycles. The Balaban J connectivity index is 1.46. The van der Waals surface area contributed by atoms with E-state index >= 15 is 0 Å². The fourth-order valence-electron chi connectivity index (χ4n) is 3.91. The summed E-state index contributed by atoms with van der Waals surface area (Å²) in [5.74, 6) is 0.0811. The molecule has 1 aromatic carbocycles. The van der Waals surface area contributed by atoms with E-state index in [1.165, 1.54) is 11.1 Å². The molecule has 1 fully saturated rings. The first-order valence-corrected chi connectivity index (χ1v) is 11.6. The van der Waals surface area contributed by atoms with Crippen molar-refractivity contribution in [2.45, 2.75) is 19.9 Å². The van der Waals surface area contributed by atoms with Crippen LogP contribution in [-0.4, -0.2) is 73.3 Å². The Morgan fingerprint density at radius 1 is 1.10 bits per heavy atom. The third-order valence-corrected chi connectivity index (χ3v) is 6.77. The second kappa shape index (κ2) is 8.12. The highest BCUT2D eigenvalue weighted by Gasteiger charge is 2.32. The number of fused-ring (bicyclic) bond motifs is 1. The molecule has 0 aliphatic carbocycles. The van der Waals surface area contributed by atoms with Crippen LogP contribution < -0.4 is 0 Å². The fraction of sp³-hybridized carbons (Fsp3) is 0.429. The van der Waals surface area contributed by atoms with Gasteiger partial charge in [-0.25, -0.2) is 8.42 Å². The van der Waals surface area contributed by atoms with Gasteiger partial charge in [0.25, 0.3) is 15.9 Å². The smallest absolute Gasteiger partial charge is 0.257 e. The van der Waals surface area contributed by atoms with Gasteiger partial charge in [0.2, 0.25) is 0 Å². The molecule has 8 heteroatoms. The Kier molecular flexibility index (Phi) is 5.56. The summed E-state index contributed by atoms with van der Waals surface area (Å²) in [5.41, 5.74) is 2.95. The second-order valence-electron chi connectivity index (χ2n) is 7.66. The van der Waals surface area contributed by atoms with Gasteiger partial charge >= 0.3 is 0 Å². The zero-order valence-corrected chi connectivity index (χ0v) is 17.4. The minimum absolute atomic E-state index is 0.0279. The SMILES string of the molecule is Cc1ccccc1CN1CCCN(C(=O)C2=CC=CN3CCS(=O)(=O)N=C23)CC1. The third kappa shape index (κ3) is 4.43. The number of allylic oxidation sites excluding steroid dienone is 2. The summed E-state index contributed by atoms with van der Waals surface area (Å²) in [6, 6.07) is 8.38. The van der Waals surface area contributed by atoms with Crippen LogP contribution in [0.25, 0.3) is 0 Å². The van der Waals surface area contributed by atoms with E-state index in [0.29, 0.717) is 25.2 Å². The second-order valence-corrected chi connectivity index (χ2v) is 9.42. The van der Waals surface area contributed by atoms with Gasteiger partial charge in [0.05, 0.1) is 11.3 Å². The standard InChI is InChI=1S/C21H26N4O3S/c1-17-6-2-3-7-18(17)16-23-9-5-11-25(13-12-23)21(26)19-8-4-10-24-14-15-29(27,28)22-20(19)24/h2-4,6-8,10H,5,9,11-16H2,1H3. The number of carbonyl (C=O) groups is 1. The van der Waals surface area contributed by atoms with E-state index < -0.39 is 10.0 Å². The molecule has 0 aromatic heterocycles. The van der Waals surface area contributed by atoms with E-state index in [-0.39, 0.29) is 17.5 Å². The van der Waals surface area contributed by atoms with Gasteiger partial charge in [-0.3, -0.25) is 9.69 Å². The van der Waals surface area contributed by atoms with Gasteiger partial charge < -0.3 is 9.80 Å². The number of amidine groups is 1. The Hall–Kier alpha value is -2.45. The highest BCUT2D eigenvalue weighted by atomic mass is 32.2. The lowest BCUT2D eigenvalue weighted by molar-refractivity contribution is -0.126. The number of amides is 1. The molecule has 4 rings (SSSR count). The molecule has 0 bridgehead atoms. The summed E-state index contributed by atoms with van der Waals surface area (Å²) < 4.78 is 27.8. The molecule has 29 heavy (non-hydrogen) atoms. The number of carbonyl (C=O) groups excluding carboxylic acids is 1. The Bertz CT molecular complexity index is 997. The van der Waals surface area contributed by atoms with Gasteiger partial charge in [0.1, 0.15) is 0 Å². The van der Waals surface area contributed by atoms with Crippen molar-refractivity contribution in [3.8, 4) is 0 Å². The van der Waals surface area contributed by atoms with E-state index in [2.05, 4.69) is 34.4 Å². The van der Waals surface area contributed by atoms with Gasteiger partial charge in [0, 0.05) is 45.5 Å². The lowest BCUT2D eigenvalue weighted by Crippen LogP contribution is -2.44. The predicted octanol–water partition coefficient (Wildman–Crippen LogP) is 1.53. The van der Waals surface area contributed by atoms with Crippen LogP contribution in [0.5, 0.6) is 0 Å². The Labute approximate surface area is 172 Å². The van der Waals surface area contributed by atoms with Crippen molar-refractivity contribution in [3.05, 3.63) is 59.3 Å². The molecular formula is C21H26N4O3S. The van der Waals surface area contributed by atoms with E-state index in [9.17, 15) is 13.2 Å². The van der Waals surface area contributed by atoms with Crippen molar-refractivity contribution in [2.24, 2.45) is 4.40 Å². The molecule has 0 saturated carbocycles. The van der Waals surface area contributed by atoms with E-state index in [4.69, 9.17) is 0 Å². The highest BCUT2D eigenvalue weighted by Crippen LogP contribution is 2.20. The van der Waals surface area contributed by atoms with Gasteiger partial charge in [-0.05, 0) is 36.6 Å². The molecule has 3 heterocycles. The molecule has 1 saturated heterocycles. The van der Waals surface area contributed by atoms with Crippen LogP contribution in [0.2, 0.25) is 0 Å². The quantitative estimate of drug-likeness (QED) is 0.750. The first kappa shape index (κ1) is 19.8. The molecule has 1 aromatic rings. The number of sulfonamides is 1. The van der Waals surface area contributed by atoms with E-state index in [1.54, 1.807) is 23.3 Å². The van der Waals surface area contributed by atoms with Crippen LogP contribution >= 0.6 is 0 Å². The summed E-state index contributed by atoms with van der Waals surface area (Å²) in [5, 5.41) is 0. The van der Waals surface area contributed by atoms with Crippen LogP contribution in [0.1, 0.15) is 17.5 Å². The Morgan fingerprint density at radius 2 is 1.93 bits per heavy atom. The monoisotopic (exact) mass is 414 g/mol. The van der Waals surface area contributed by atoms with Crippen molar-refractivity contribution in [3.63, 3.8) is 0 Å². The highest BCUT2D eigenvalue weighted by molar-refractivity contribution is 7.90. The molecule has 3 aliphatic rings. The number of benzene rings is 1. The van der Waals surface area contributed by atoms with Gasteiger partial charge in [-0.15, -0.1) is 4.40 Å². The molecule has 1 amide bonds. The topological polar surface area (TPSA) is 73.3 Å². The molecular weight excluding hydrogens is 388 g/mol. The maximum atomic E-state index is 13.2. The summed E-state index contributed by atoms with van der Waals surface area (Å²) >= 11 is 0. The van der Waals surface area contributed by atoms with Crippen molar-refractivity contribution in [2.75, 3.05) is 38.5 Å². The lowest BCUT2D eigenvalue weighted by Gasteiger charge is -2.31. The Morgan fingerprint density at radius 3 is 2.76 bits per heavy atom. The first-order chi connectivity index (χ1) is 13.9. The predicted molar refractivity (Wildman–Crippen MR) is 113 cm³/mol. The number of nitrogens with zero attached hydrogens (tertiary/aromatic N) is 4. The summed E-state index contributed by atoms with van der Waals surface area (Å²) in [7, 11) is -3.51. The average Bonchev–Trinajstić information content (AvgIpc) is 2.94. The van der Waals surface area contributed by atoms with E-state index in [0.717, 1.165) is 26.1 Å². The number of rotatable bonds is 3. The molecule has 154 valence electrons. The minimum atomic E-state index is -3.51. The van der Waals surface area contributed by atoms with Gasteiger partial charge in [0.15, 0.2) is 5.84 Å². The summed E-state index contributed by atoms with van der Waals surface area (Å²) in [6.07, 6.45) is 6.12. The minimum Gasteiger partial charge on any atom is -0.337 e. The van der Waals surface area contributed by atoms with Crippen LogP contribution in [0, 0.1) is 6.92 Å². The van der Waals surface area contributed by atoms with Crippen molar-refractivity contribution < 1.29 is 13.2 Å². The summed E-state index contributed by atoms with van der Waals surface area (Å²) in [4.78, 5) is 19.1. The average molecular weight is 415 g/mol. The van der Waals surface area contributed by atoms with Crippen molar-refractivity contribution >= 4 is 21.8 Å². The van der Waals surface area contributed by atoms with Gasteiger partial charge in [-0.1, -0.05) is 24.3 Å². The van der Waals surface area contributed by atoms with Crippen LogP contribution in [0.4, 0.5) is 0 Å². The molecule has 0 unspecified atom stereocenters. The van der Waals surface area contributed by atoms with Crippen LogP contribution in [0.3, 0.4) is 0 Å². The summed E-state index contributed by atoms with van der Waals surface area (Å²) in [6.45, 7) is 6.31. The first-order valence-electron chi connectivity index (χ1n) is 9.97. The maximum absolute atomic E-state index is 13.2. The molecule has 0 atom stereocenters. The molecule has 0 radical (unpaired) electrons. The normalized spacial score (nSPS) is 21.8. The zero-order valence-electron chi connectivity index (χ0n) is 16.6. The number of aryl methyl sites for hydroxylation is 1. The fourth-order valence-corrected chi connectivity index (χ4v) is 4.90. The number of hydrogen-bond donors (Lipinski definition) is 0. The van der Waals surface area contributed by atoms with Crippen LogP contribution in [0.15, 0.2) is 52.6 Å². The van der Waals surface area contributed by atoms with Gasteiger partial charge in [-0.2, -0.15) is 0 Å². The molecule has 7 nitrogen and oxygen atoms in total. The largest absolute Gasteiger partial charge is 0.337 e. The molecule has 0 N–H and O–H groups in total. The van der Waals surface area contributed by atoms with Crippen molar-refractivity contribution in [1.29, 1.82) is 0 Å². The third-order valence-electron chi connectivity index (χ3n) is 5.62. The van der Waals surface area contributed by atoms with E-state index in [1.807, 2.05) is 11.0 Å².